The number of amides is 2. The molecule has 18 heavy (non-hydrogen) atoms. The maximum Gasteiger partial charge on any atom is 0.326 e. The zero-order valence-electron chi connectivity index (χ0n) is 10.5. The Kier molecular flexibility index (Phi) is 4.55. The number of hydrogen-bond acceptors (Lipinski definition) is 4. The Morgan fingerprint density at radius 3 is 2.56 bits per heavy atom. The van der Waals surface area contributed by atoms with Gasteiger partial charge in [0.15, 0.2) is 0 Å². The fourth-order valence-electron chi connectivity index (χ4n) is 1.87. The van der Waals surface area contributed by atoms with Crippen molar-refractivity contribution in [1.82, 2.24) is 9.80 Å². The Hall–Kier alpha value is -1.31. The van der Waals surface area contributed by atoms with Crippen LogP contribution < -0.4 is 0 Å². The summed E-state index contributed by atoms with van der Waals surface area (Å²) >= 11 is 0. The van der Waals surface area contributed by atoms with Crippen LogP contribution in [0.1, 0.15) is 12.8 Å². The predicted octanol–water partition coefficient (Wildman–Crippen LogP) is -0.368. The molecule has 2 amide bonds. The van der Waals surface area contributed by atoms with Gasteiger partial charge in [-0.1, -0.05) is 0 Å². The largest absolute Gasteiger partial charge is 0.480 e. The van der Waals surface area contributed by atoms with Gasteiger partial charge in [0.25, 0.3) is 0 Å². The topological polar surface area (TPSA) is 95.0 Å². The van der Waals surface area contributed by atoms with Crippen molar-refractivity contribution < 1.29 is 23.1 Å². The van der Waals surface area contributed by atoms with E-state index in [0.717, 1.165) is 6.26 Å². The molecule has 0 aromatic heterocycles. The third-order valence-corrected chi connectivity index (χ3v) is 3.83. The average Bonchev–Trinajstić information content (AvgIpc) is 2.72. The fraction of sp³-hybridized carbons (Fsp3) is 0.800. The van der Waals surface area contributed by atoms with Crippen LogP contribution in [-0.4, -0.2) is 73.5 Å². The lowest BCUT2D eigenvalue weighted by Gasteiger charge is -2.27. The van der Waals surface area contributed by atoms with Crippen molar-refractivity contribution in [2.24, 2.45) is 0 Å². The molecule has 0 spiro atoms. The molecule has 1 atom stereocenters. The molecule has 0 unspecified atom stereocenters. The third-order valence-electron chi connectivity index (χ3n) is 2.91. The molecule has 7 nitrogen and oxygen atoms in total. The Morgan fingerprint density at radius 2 is 2.06 bits per heavy atom. The monoisotopic (exact) mass is 278 g/mol. The van der Waals surface area contributed by atoms with Gasteiger partial charge in [0, 0.05) is 26.4 Å². The standard InChI is InChI=1S/C10H18N2O5S/c1-11(6-7-18(2,16)17)10(15)12-5-3-4-8(12)9(13)14/h8H,3-7H2,1-2H3,(H,13,14)/t8-/m0/s1. The van der Waals surface area contributed by atoms with Gasteiger partial charge in [-0.25, -0.2) is 18.0 Å². The van der Waals surface area contributed by atoms with E-state index in [0.29, 0.717) is 19.4 Å². The van der Waals surface area contributed by atoms with Gasteiger partial charge >= 0.3 is 12.0 Å². The quantitative estimate of drug-likeness (QED) is 0.757. The molecule has 8 heteroatoms. The minimum absolute atomic E-state index is 0.0699. The van der Waals surface area contributed by atoms with E-state index >= 15 is 0 Å². The summed E-state index contributed by atoms with van der Waals surface area (Å²) in [6.07, 6.45) is 2.20. The molecule has 0 aromatic carbocycles. The summed E-state index contributed by atoms with van der Waals surface area (Å²) in [5.74, 6) is -1.14. The van der Waals surface area contributed by atoms with Gasteiger partial charge in [-0.3, -0.25) is 0 Å². The van der Waals surface area contributed by atoms with Crippen LogP contribution in [0.2, 0.25) is 0 Å². The maximum absolute atomic E-state index is 12.0. The van der Waals surface area contributed by atoms with E-state index in [1.54, 1.807) is 0 Å². The van der Waals surface area contributed by atoms with E-state index in [-0.39, 0.29) is 12.3 Å². The molecule has 1 aliphatic heterocycles. The summed E-state index contributed by atoms with van der Waals surface area (Å²) in [6.45, 7) is 0.472. The molecule has 0 bridgehead atoms. The molecule has 1 fully saturated rings. The summed E-state index contributed by atoms with van der Waals surface area (Å²) in [5, 5.41) is 8.97. The lowest BCUT2D eigenvalue weighted by atomic mass is 10.2. The number of hydrogen-bond donors (Lipinski definition) is 1. The smallest absolute Gasteiger partial charge is 0.326 e. The van der Waals surface area contributed by atoms with Crippen LogP contribution >= 0.6 is 0 Å². The zero-order valence-corrected chi connectivity index (χ0v) is 11.3. The summed E-state index contributed by atoms with van der Waals surface area (Å²) < 4.78 is 22.0. The highest BCUT2D eigenvalue weighted by atomic mass is 32.2. The van der Waals surface area contributed by atoms with Gasteiger partial charge in [-0.2, -0.15) is 0 Å². The van der Waals surface area contributed by atoms with Gasteiger partial charge in [0.1, 0.15) is 15.9 Å². The van der Waals surface area contributed by atoms with Crippen LogP contribution in [0.15, 0.2) is 0 Å². The Balaban J connectivity index is 2.60. The molecular weight excluding hydrogens is 260 g/mol. The van der Waals surface area contributed by atoms with E-state index < -0.39 is 27.9 Å². The Bertz CT molecular complexity index is 434. The second kappa shape index (κ2) is 5.55. The molecule has 104 valence electrons. The number of carbonyl (C=O) groups excluding carboxylic acids is 1. The number of sulfone groups is 1. The molecular formula is C10H18N2O5S. The summed E-state index contributed by atoms with van der Waals surface area (Å²) in [7, 11) is -1.66. The van der Waals surface area contributed by atoms with Crippen LogP contribution in [0.3, 0.4) is 0 Å². The summed E-state index contributed by atoms with van der Waals surface area (Å²) in [5.41, 5.74) is 0. The van der Waals surface area contributed by atoms with E-state index in [4.69, 9.17) is 5.11 Å². The summed E-state index contributed by atoms with van der Waals surface area (Å²) in [4.78, 5) is 25.5. The summed E-state index contributed by atoms with van der Waals surface area (Å²) in [6, 6.07) is -1.22. The van der Waals surface area contributed by atoms with Gasteiger partial charge in [0.05, 0.1) is 5.75 Å². The number of nitrogens with zero attached hydrogens (tertiary/aromatic N) is 2. The zero-order chi connectivity index (χ0) is 13.9. The maximum atomic E-state index is 12.0. The van der Waals surface area contributed by atoms with Gasteiger partial charge in [-0.15, -0.1) is 0 Å². The molecule has 0 aliphatic carbocycles. The van der Waals surface area contributed by atoms with Crippen molar-refractivity contribution in [3.8, 4) is 0 Å². The van der Waals surface area contributed by atoms with Gasteiger partial charge in [-0.05, 0) is 12.8 Å². The van der Waals surface area contributed by atoms with Crippen molar-refractivity contribution >= 4 is 21.8 Å². The number of urea groups is 1. The van der Waals surface area contributed by atoms with Crippen molar-refractivity contribution in [3.05, 3.63) is 0 Å². The predicted molar refractivity (Wildman–Crippen MR) is 65.1 cm³/mol. The van der Waals surface area contributed by atoms with Gasteiger partial charge in [0.2, 0.25) is 0 Å². The van der Waals surface area contributed by atoms with Crippen molar-refractivity contribution in [1.29, 1.82) is 0 Å². The van der Waals surface area contributed by atoms with Crippen molar-refractivity contribution in [2.75, 3.05) is 32.1 Å². The minimum Gasteiger partial charge on any atom is -0.480 e. The number of likely N-dealkylation sites (tertiary alicyclic amines) is 1. The lowest BCUT2D eigenvalue weighted by Crippen LogP contribution is -2.47. The second-order valence-corrected chi connectivity index (χ2v) is 6.78. The highest BCUT2D eigenvalue weighted by molar-refractivity contribution is 7.90. The van der Waals surface area contributed by atoms with E-state index in [1.165, 1.54) is 16.8 Å². The Morgan fingerprint density at radius 1 is 1.44 bits per heavy atom. The van der Waals surface area contributed by atoms with Crippen molar-refractivity contribution in [2.45, 2.75) is 18.9 Å². The number of carbonyl (C=O) groups is 2. The first kappa shape index (κ1) is 14.7. The average molecular weight is 278 g/mol. The second-order valence-electron chi connectivity index (χ2n) is 4.52. The normalized spacial score (nSPS) is 19.9. The number of rotatable bonds is 4. The number of carboxylic acids is 1. The van der Waals surface area contributed by atoms with Crippen LogP contribution in [0, 0.1) is 0 Å². The molecule has 1 N–H and O–H groups in total. The van der Waals surface area contributed by atoms with Crippen LogP contribution in [0.4, 0.5) is 4.79 Å². The molecule has 0 radical (unpaired) electrons. The molecule has 0 aromatic rings. The first-order valence-corrected chi connectivity index (χ1v) is 7.70. The van der Waals surface area contributed by atoms with Crippen LogP contribution in [-0.2, 0) is 14.6 Å². The lowest BCUT2D eigenvalue weighted by molar-refractivity contribution is -0.141. The molecule has 1 saturated heterocycles. The van der Waals surface area contributed by atoms with Crippen LogP contribution in [0.5, 0.6) is 0 Å². The minimum atomic E-state index is -3.13. The molecule has 1 rings (SSSR count). The number of carboxylic acid groups (broad SMARTS) is 1. The number of aliphatic carboxylic acids is 1. The first-order chi connectivity index (χ1) is 8.22. The van der Waals surface area contributed by atoms with E-state index in [1.807, 2.05) is 0 Å². The van der Waals surface area contributed by atoms with Crippen LogP contribution in [0.25, 0.3) is 0 Å². The van der Waals surface area contributed by atoms with E-state index in [9.17, 15) is 18.0 Å². The fourth-order valence-corrected chi connectivity index (χ4v) is 2.48. The van der Waals surface area contributed by atoms with Crippen molar-refractivity contribution in [3.63, 3.8) is 0 Å². The molecule has 0 saturated carbocycles. The first-order valence-electron chi connectivity index (χ1n) is 5.64. The van der Waals surface area contributed by atoms with Gasteiger partial charge < -0.3 is 14.9 Å². The molecule has 1 heterocycles. The SMILES string of the molecule is CN(CCS(C)(=O)=O)C(=O)N1CCC[C@H]1C(=O)O. The molecule has 1 aliphatic rings. The highest BCUT2D eigenvalue weighted by Gasteiger charge is 2.35. The third kappa shape index (κ3) is 3.86. The highest BCUT2D eigenvalue weighted by Crippen LogP contribution is 2.18. The Labute approximate surface area is 106 Å². The van der Waals surface area contributed by atoms with E-state index in [2.05, 4.69) is 0 Å².